The van der Waals surface area contributed by atoms with Crippen LogP contribution in [0.5, 0.6) is 0 Å². The Morgan fingerprint density at radius 2 is 1.88 bits per heavy atom. The molecule has 0 fully saturated rings. The maximum Gasteiger partial charge on any atom is 0.216 e. The van der Waals surface area contributed by atoms with Gasteiger partial charge in [-0.15, -0.1) is 0 Å². The van der Waals surface area contributed by atoms with Gasteiger partial charge in [0, 0.05) is 26.2 Å². The van der Waals surface area contributed by atoms with E-state index in [1.54, 1.807) is 7.11 Å². The van der Waals surface area contributed by atoms with E-state index in [9.17, 15) is 8.42 Å². The molecule has 0 aliphatic rings. The normalized spacial score (nSPS) is 12.4. The van der Waals surface area contributed by atoms with Crippen LogP contribution in [0.4, 0.5) is 0 Å². The Hall–Kier alpha value is -1.64. The fourth-order valence-corrected chi connectivity index (χ4v) is 3.73. The summed E-state index contributed by atoms with van der Waals surface area (Å²) in [6.07, 6.45) is 0. The number of hydrogen-bond donors (Lipinski definition) is 3. The number of nitrogens with one attached hydrogen (secondary N) is 3. The molecule has 0 amide bonds. The summed E-state index contributed by atoms with van der Waals surface area (Å²) in [6.45, 7) is 7.98. The molecular weight excluding hydrogens is 340 g/mol. The number of aliphatic imine (C=N–C) groups is 1. The number of rotatable bonds is 10. The number of hydrogen-bond acceptors (Lipinski definition) is 4. The molecule has 1 aromatic rings. The quantitative estimate of drug-likeness (QED) is 0.327. The summed E-state index contributed by atoms with van der Waals surface area (Å²) in [6, 6.07) is 7.34. The van der Waals surface area contributed by atoms with E-state index in [1.165, 1.54) is 0 Å². The Morgan fingerprint density at radius 3 is 2.48 bits per heavy atom. The molecule has 0 atom stereocenters. The first-order valence-electron chi connectivity index (χ1n) is 8.45. The van der Waals surface area contributed by atoms with Gasteiger partial charge in [0.15, 0.2) is 5.96 Å². The average molecular weight is 371 g/mol. The van der Waals surface area contributed by atoms with E-state index in [2.05, 4.69) is 20.3 Å². The van der Waals surface area contributed by atoms with Crippen molar-refractivity contribution in [3.8, 4) is 0 Å². The second-order valence-corrected chi connectivity index (χ2v) is 7.67. The van der Waals surface area contributed by atoms with E-state index >= 15 is 0 Å². The third kappa shape index (κ3) is 8.85. The molecule has 7 nitrogen and oxygen atoms in total. The van der Waals surface area contributed by atoms with Crippen LogP contribution in [-0.2, 0) is 27.1 Å². The molecule has 1 rings (SSSR count). The van der Waals surface area contributed by atoms with Crippen LogP contribution in [0.1, 0.15) is 31.9 Å². The lowest BCUT2D eigenvalue weighted by atomic mass is 10.1. The minimum Gasteiger partial charge on any atom is -0.383 e. The third-order valence-corrected chi connectivity index (χ3v) is 4.75. The summed E-state index contributed by atoms with van der Waals surface area (Å²) < 4.78 is 32.0. The highest BCUT2D eigenvalue weighted by Crippen LogP contribution is 2.13. The number of methoxy groups -OCH3 is 1. The maximum atomic E-state index is 12.2. The predicted molar refractivity (Wildman–Crippen MR) is 102 cm³/mol. The molecule has 0 saturated carbocycles. The molecule has 0 aliphatic heterocycles. The second kappa shape index (κ2) is 11.1. The van der Waals surface area contributed by atoms with Crippen molar-refractivity contribution in [2.75, 3.05) is 26.8 Å². The number of ether oxygens (including phenoxy) is 1. The topological polar surface area (TPSA) is 91.8 Å². The van der Waals surface area contributed by atoms with Crippen LogP contribution in [-0.4, -0.2) is 47.2 Å². The van der Waals surface area contributed by atoms with E-state index in [-0.39, 0.29) is 11.8 Å². The van der Waals surface area contributed by atoms with Gasteiger partial charge in [0.2, 0.25) is 10.0 Å². The summed E-state index contributed by atoms with van der Waals surface area (Å²) in [4.78, 5) is 4.53. The first kappa shape index (κ1) is 21.4. The zero-order valence-electron chi connectivity index (χ0n) is 15.5. The zero-order chi connectivity index (χ0) is 18.7. The SMILES string of the molecule is CCNC(=NCc1ccccc1CS(=O)(=O)NC(C)C)NCCOC. The lowest BCUT2D eigenvalue weighted by molar-refractivity contribution is 0.203. The third-order valence-electron chi connectivity index (χ3n) is 3.23. The summed E-state index contributed by atoms with van der Waals surface area (Å²) in [5.74, 6) is 0.627. The molecule has 0 aliphatic carbocycles. The van der Waals surface area contributed by atoms with Crippen LogP contribution in [0.15, 0.2) is 29.3 Å². The predicted octanol–water partition coefficient (Wildman–Crippen LogP) is 1.22. The highest BCUT2D eigenvalue weighted by Gasteiger charge is 2.15. The Bertz CT molecular complexity index is 645. The minimum atomic E-state index is -3.37. The van der Waals surface area contributed by atoms with Crippen LogP contribution in [0.25, 0.3) is 0 Å². The Labute approximate surface area is 151 Å². The van der Waals surface area contributed by atoms with Crippen molar-refractivity contribution in [2.24, 2.45) is 4.99 Å². The van der Waals surface area contributed by atoms with Crippen LogP contribution in [0, 0.1) is 0 Å². The molecule has 3 N–H and O–H groups in total. The summed E-state index contributed by atoms with van der Waals surface area (Å²) in [5.41, 5.74) is 1.65. The van der Waals surface area contributed by atoms with E-state index in [4.69, 9.17) is 4.74 Å². The van der Waals surface area contributed by atoms with Gasteiger partial charge >= 0.3 is 0 Å². The largest absolute Gasteiger partial charge is 0.383 e. The number of benzene rings is 1. The molecule has 8 heteroatoms. The summed E-state index contributed by atoms with van der Waals surface area (Å²) in [7, 11) is -1.72. The molecule has 0 heterocycles. The van der Waals surface area contributed by atoms with E-state index in [0.29, 0.717) is 25.7 Å². The fraction of sp³-hybridized carbons (Fsp3) is 0.588. The fourth-order valence-electron chi connectivity index (χ4n) is 2.24. The van der Waals surface area contributed by atoms with Crippen molar-refractivity contribution >= 4 is 16.0 Å². The molecule has 0 unspecified atom stereocenters. The Balaban J connectivity index is 2.85. The van der Waals surface area contributed by atoms with Gasteiger partial charge in [-0.2, -0.15) is 0 Å². The van der Waals surface area contributed by atoms with Crippen molar-refractivity contribution in [1.29, 1.82) is 0 Å². The molecule has 0 bridgehead atoms. The van der Waals surface area contributed by atoms with E-state index < -0.39 is 10.0 Å². The van der Waals surface area contributed by atoms with Crippen LogP contribution in [0.3, 0.4) is 0 Å². The highest BCUT2D eigenvalue weighted by molar-refractivity contribution is 7.88. The smallest absolute Gasteiger partial charge is 0.216 e. The highest BCUT2D eigenvalue weighted by atomic mass is 32.2. The first-order chi connectivity index (χ1) is 11.9. The van der Waals surface area contributed by atoms with Gasteiger partial charge in [0.1, 0.15) is 0 Å². The summed E-state index contributed by atoms with van der Waals surface area (Å²) >= 11 is 0. The van der Waals surface area contributed by atoms with Gasteiger partial charge in [-0.1, -0.05) is 24.3 Å². The van der Waals surface area contributed by atoms with Crippen LogP contribution in [0.2, 0.25) is 0 Å². The van der Waals surface area contributed by atoms with Gasteiger partial charge in [-0.3, -0.25) is 0 Å². The van der Waals surface area contributed by atoms with Crippen molar-refractivity contribution in [1.82, 2.24) is 15.4 Å². The van der Waals surface area contributed by atoms with Gasteiger partial charge in [-0.05, 0) is 31.9 Å². The van der Waals surface area contributed by atoms with Crippen LogP contribution < -0.4 is 15.4 Å². The lowest BCUT2D eigenvalue weighted by Crippen LogP contribution is -2.38. The van der Waals surface area contributed by atoms with Gasteiger partial charge in [0.25, 0.3) is 0 Å². The van der Waals surface area contributed by atoms with Crippen molar-refractivity contribution in [3.05, 3.63) is 35.4 Å². The number of guanidine groups is 1. The standard InChI is InChI=1S/C17H30N4O3S/c1-5-18-17(19-10-11-24-4)20-12-15-8-6-7-9-16(15)13-25(22,23)21-14(2)3/h6-9,14,21H,5,10-13H2,1-4H3,(H2,18,19,20). The minimum absolute atomic E-state index is 0.0511. The number of nitrogens with zero attached hydrogens (tertiary/aromatic N) is 1. The monoisotopic (exact) mass is 370 g/mol. The second-order valence-electron chi connectivity index (χ2n) is 5.92. The van der Waals surface area contributed by atoms with Gasteiger partial charge < -0.3 is 15.4 Å². The lowest BCUT2D eigenvalue weighted by Gasteiger charge is -2.13. The molecule has 0 saturated heterocycles. The molecule has 142 valence electrons. The Morgan fingerprint density at radius 1 is 1.20 bits per heavy atom. The van der Waals surface area contributed by atoms with Crippen molar-refractivity contribution < 1.29 is 13.2 Å². The first-order valence-corrected chi connectivity index (χ1v) is 10.1. The Kier molecular flexibility index (Phi) is 9.48. The van der Waals surface area contributed by atoms with Crippen LogP contribution >= 0.6 is 0 Å². The molecule has 0 radical (unpaired) electrons. The van der Waals surface area contributed by atoms with Crippen molar-refractivity contribution in [2.45, 2.75) is 39.1 Å². The molecule has 25 heavy (non-hydrogen) atoms. The maximum absolute atomic E-state index is 12.2. The van der Waals surface area contributed by atoms with Crippen molar-refractivity contribution in [3.63, 3.8) is 0 Å². The molecule has 1 aromatic carbocycles. The zero-order valence-corrected chi connectivity index (χ0v) is 16.3. The molecule has 0 spiro atoms. The van der Waals surface area contributed by atoms with E-state index in [0.717, 1.165) is 17.7 Å². The molecule has 0 aromatic heterocycles. The summed E-state index contributed by atoms with van der Waals surface area (Å²) in [5, 5.41) is 6.33. The number of sulfonamides is 1. The van der Waals surface area contributed by atoms with E-state index in [1.807, 2.05) is 45.0 Å². The van der Waals surface area contributed by atoms with Gasteiger partial charge in [-0.25, -0.2) is 18.1 Å². The average Bonchev–Trinajstić information content (AvgIpc) is 2.52. The van der Waals surface area contributed by atoms with Gasteiger partial charge in [0.05, 0.1) is 18.9 Å². The molecular formula is C17H30N4O3S.